The van der Waals surface area contributed by atoms with Crippen molar-refractivity contribution in [2.24, 2.45) is 0 Å². The average molecular weight is 265 g/mol. The normalized spacial score (nSPS) is 14.6. The van der Waals surface area contributed by atoms with E-state index in [-0.39, 0.29) is 0 Å². The Morgan fingerprint density at radius 1 is 1.26 bits per heavy atom. The molecule has 0 aromatic heterocycles. The molecule has 0 saturated carbocycles. The molecule has 0 heterocycles. The van der Waals surface area contributed by atoms with Crippen molar-refractivity contribution in [2.45, 2.75) is 39.3 Å². The quantitative estimate of drug-likeness (QED) is 0.784. The molecule has 0 aliphatic rings. The third-order valence-electron chi connectivity index (χ3n) is 3.67. The van der Waals surface area contributed by atoms with Crippen LogP contribution < -0.4 is 0 Å². The topological polar surface area (TPSA) is 32.7 Å². The molecular formula is C16H27NO2. The number of aryl methyl sites for hydroxylation is 1. The second-order valence-electron chi connectivity index (χ2n) is 5.17. The van der Waals surface area contributed by atoms with Gasteiger partial charge in [-0.15, -0.1) is 0 Å². The van der Waals surface area contributed by atoms with E-state index in [1.54, 1.807) is 7.11 Å². The predicted molar refractivity (Wildman–Crippen MR) is 79.3 cm³/mol. The van der Waals surface area contributed by atoms with Crippen LogP contribution in [0.1, 0.15) is 37.5 Å². The molecule has 0 aliphatic heterocycles. The first-order valence-corrected chi connectivity index (χ1v) is 7.06. The van der Waals surface area contributed by atoms with Crippen LogP contribution in [0.3, 0.4) is 0 Å². The Balaban J connectivity index is 2.63. The largest absolute Gasteiger partial charge is 0.387 e. The Morgan fingerprint density at radius 2 is 1.89 bits per heavy atom. The number of rotatable bonds is 8. The zero-order valence-corrected chi connectivity index (χ0v) is 12.6. The number of methoxy groups -OCH3 is 1. The summed E-state index contributed by atoms with van der Waals surface area (Å²) in [6, 6.07) is 8.55. The van der Waals surface area contributed by atoms with Crippen LogP contribution >= 0.6 is 0 Å². The van der Waals surface area contributed by atoms with Crippen molar-refractivity contribution in [1.82, 2.24) is 4.90 Å². The Morgan fingerprint density at radius 3 is 2.42 bits per heavy atom. The van der Waals surface area contributed by atoms with E-state index >= 15 is 0 Å². The van der Waals surface area contributed by atoms with Crippen LogP contribution in [0.25, 0.3) is 0 Å². The Bertz CT molecular complexity index is 350. The van der Waals surface area contributed by atoms with E-state index in [1.165, 1.54) is 5.56 Å². The summed E-state index contributed by atoms with van der Waals surface area (Å²) in [5, 5.41) is 10.3. The molecule has 0 bridgehead atoms. The van der Waals surface area contributed by atoms with Gasteiger partial charge in [-0.05, 0) is 25.8 Å². The molecule has 0 aliphatic carbocycles. The summed E-state index contributed by atoms with van der Waals surface area (Å²) in [5.74, 6) is 0. The van der Waals surface area contributed by atoms with Crippen molar-refractivity contribution in [3.8, 4) is 0 Å². The molecule has 0 amide bonds. The minimum Gasteiger partial charge on any atom is -0.387 e. The van der Waals surface area contributed by atoms with Crippen LogP contribution in [0, 0.1) is 6.92 Å². The van der Waals surface area contributed by atoms with Gasteiger partial charge in [-0.25, -0.2) is 0 Å². The molecule has 1 rings (SSSR count). The van der Waals surface area contributed by atoms with Gasteiger partial charge in [0.1, 0.15) is 0 Å². The van der Waals surface area contributed by atoms with Crippen molar-refractivity contribution >= 4 is 0 Å². The third kappa shape index (κ3) is 5.31. The summed E-state index contributed by atoms with van der Waals surface area (Å²) in [7, 11) is 1.71. The third-order valence-corrected chi connectivity index (χ3v) is 3.67. The number of ether oxygens (including phenoxy) is 1. The minimum atomic E-state index is -0.438. The lowest BCUT2D eigenvalue weighted by molar-refractivity contribution is 0.0668. The molecule has 1 aromatic rings. The molecule has 3 nitrogen and oxygen atoms in total. The number of hydrogen-bond acceptors (Lipinski definition) is 3. The maximum Gasteiger partial charge on any atom is 0.0917 e. The molecule has 0 fully saturated rings. The molecule has 19 heavy (non-hydrogen) atoms. The van der Waals surface area contributed by atoms with Gasteiger partial charge in [0.25, 0.3) is 0 Å². The number of aliphatic hydroxyl groups is 1. The van der Waals surface area contributed by atoms with Crippen LogP contribution in [0.2, 0.25) is 0 Å². The monoisotopic (exact) mass is 265 g/mol. The first kappa shape index (κ1) is 16.2. The summed E-state index contributed by atoms with van der Waals surface area (Å²) in [6.45, 7) is 8.63. The van der Waals surface area contributed by atoms with Crippen LogP contribution in [0.5, 0.6) is 0 Å². The maximum absolute atomic E-state index is 10.3. The first-order chi connectivity index (χ1) is 9.08. The molecule has 0 spiro atoms. The van der Waals surface area contributed by atoms with Gasteiger partial charge in [-0.3, -0.25) is 4.90 Å². The summed E-state index contributed by atoms with van der Waals surface area (Å²) in [5.41, 5.74) is 2.20. The van der Waals surface area contributed by atoms with E-state index in [0.717, 1.165) is 18.5 Å². The number of benzene rings is 1. The second-order valence-corrected chi connectivity index (χ2v) is 5.17. The predicted octanol–water partition coefficient (Wildman–Crippen LogP) is 2.78. The highest BCUT2D eigenvalue weighted by Crippen LogP contribution is 2.17. The number of nitrogens with zero attached hydrogens (tertiary/aromatic N) is 1. The van der Waals surface area contributed by atoms with Crippen LogP contribution in [-0.2, 0) is 4.74 Å². The van der Waals surface area contributed by atoms with Gasteiger partial charge in [-0.1, -0.05) is 36.8 Å². The van der Waals surface area contributed by atoms with Crippen molar-refractivity contribution in [1.29, 1.82) is 0 Å². The molecule has 108 valence electrons. The first-order valence-electron chi connectivity index (χ1n) is 7.06. The Labute approximate surface area is 117 Å². The lowest BCUT2D eigenvalue weighted by Gasteiger charge is -2.30. The summed E-state index contributed by atoms with van der Waals surface area (Å²) >= 11 is 0. The van der Waals surface area contributed by atoms with Gasteiger partial charge in [0.15, 0.2) is 0 Å². The van der Waals surface area contributed by atoms with Gasteiger partial charge in [0.2, 0.25) is 0 Å². The van der Waals surface area contributed by atoms with Crippen molar-refractivity contribution < 1.29 is 9.84 Å². The number of aliphatic hydroxyl groups excluding tert-OH is 1. The van der Waals surface area contributed by atoms with Gasteiger partial charge < -0.3 is 9.84 Å². The summed E-state index contributed by atoms with van der Waals surface area (Å²) in [4.78, 5) is 2.29. The zero-order chi connectivity index (χ0) is 14.3. The molecule has 1 aromatic carbocycles. The summed E-state index contributed by atoms with van der Waals surface area (Å²) in [6.07, 6.45) is 0.635. The van der Waals surface area contributed by atoms with Gasteiger partial charge in [0, 0.05) is 26.2 Å². The van der Waals surface area contributed by atoms with Gasteiger partial charge in [-0.2, -0.15) is 0 Å². The number of hydrogen-bond donors (Lipinski definition) is 1. The van der Waals surface area contributed by atoms with Crippen LogP contribution in [0.15, 0.2) is 24.3 Å². The van der Waals surface area contributed by atoms with Crippen LogP contribution in [0.4, 0.5) is 0 Å². The average Bonchev–Trinajstić information content (AvgIpc) is 2.43. The fraction of sp³-hybridized carbons (Fsp3) is 0.625. The lowest BCUT2D eigenvalue weighted by Crippen LogP contribution is -2.38. The van der Waals surface area contributed by atoms with E-state index in [0.29, 0.717) is 19.2 Å². The summed E-state index contributed by atoms with van der Waals surface area (Å²) < 4.78 is 5.15. The van der Waals surface area contributed by atoms with Crippen LogP contribution in [-0.4, -0.2) is 42.9 Å². The smallest absolute Gasteiger partial charge is 0.0917 e. The fourth-order valence-electron chi connectivity index (χ4n) is 2.07. The van der Waals surface area contributed by atoms with Gasteiger partial charge in [0.05, 0.1) is 12.7 Å². The standard InChI is InChI=1S/C16H27NO2/c1-5-14(3)17(10-11-19-4)12-16(18)15-8-6-13(2)7-9-15/h6-9,14,16,18H,5,10-12H2,1-4H3. The molecule has 0 saturated heterocycles. The molecule has 2 atom stereocenters. The minimum absolute atomic E-state index is 0.438. The highest BCUT2D eigenvalue weighted by atomic mass is 16.5. The van der Waals surface area contributed by atoms with E-state index in [4.69, 9.17) is 4.74 Å². The second kappa shape index (κ2) is 8.31. The van der Waals surface area contributed by atoms with Gasteiger partial charge >= 0.3 is 0 Å². The molecule has 3 heteroatoms. The molecule has 0 radical (unpaired) electrons. The molecule has 1 N–H and O–H groups in total. The maximum atomic E-state index is 10.3. The van der Waals surface area contributed by atoms with E-state index in [1.807, 2.05) is 24.3 Å². The van der Waals surface area contributed by atoms with E-state index < -0.39 is 6.10 Å². The lowest BCUT2D eigenvalue weighted by atomic mass is 10.1. The van der Waals surface area contributed by atoms with Crippen molar-refractivity contribution in [2.75, 3.05) is 26.8 Å². The van der Waals surface area contributed by atoms with E-state index in [2.05, 4.69) is 25.7 Å². The SMILES string of the molecule is CCC(C)N(CCOC)CC(O)c1ccc(C)cc1. The molecular weight excluding hydrogens is 238 g/mol. The van der Waals surface area contributed by atoms with Crippen molar-refractivity contribution in [3.63, 3.8) is 0 Å². The fourth-order valence-corrected chi connectivity index (χ4v) is 2.07. The van der Waals surface area contributed by atoms with Crippen molar-refractivity contribution in [3.05, 3.63) is 35.4 Å². The highest BCUT2D eigenvalue weighted by molar-refractivity contribution is 5.23. The zero-order valence-electron chi connectivity index (χ0n) is 12.6. The molecule has 2 unspecified atom stereocenters. The Hall–Kier alpha value is -0.900. The highest BCUT2D eigenvalue weighted by Gasteiger charge is 2.17. The van der Waals surface area contributed by atoms with E-state index in [9.17, 15) is 5.11 Å². The Kier molecular flexibility index (Phi) is 7.06.